The molecule has 2 aromatic carbocycles. The van der Waals surface area contributed by atoms with Crippen LogP contribution in [0.2, 0.25) is 10.0 Å². The third-order valence-electron chi connectivity index (χ3n) is 2.48. The average Bonchev–Trinajstić information content (AvgIpc) is 2.42. The number of anilines is 1. The zero-order chi connectivity index (χ0) is 14.9. The molecule has 0 aromatic heterocycles. The number of amides is 1. The molecule has 0 unspecified atom stereocenters. The summed E-state index contributed by atoms with van der Waals surface area (Å²) in [7, 11) is 0. The molecule has 7 heteroatoms. The molecule has 0 bridgehead atoms. The van der Waals surface area contributed by atoms with Gasteiger partial charge in [0, 0.05) is 4.47 Å². The summed E-state index contributed by atoms with van der Waals surface area (Å²) in [4.78, 5) is 12.1. The zero-order valence-electron chi connectivity index (χ0n) is 9.68. The predicted octanol–water partition coefficient (Wildman–Crippen LogP) is 5.91. The highest BCUT2D eigenvalue weighted by atomic mass is 79.9. The summed E-state index contributed by atoms with van der Waals surface area (Å²) >= 11 is 18.3. The molecule has 1 N–H and O–H groups in total. The van der Waals surface area contributed by atoms with Crippen molar-refractivity contribution >= 4 is 66.7 Å². The third kappa shape index (κ3) is 3.17. The van der Waals surface area contributed by atoms with Crippen molar-refractivity contribution in [2.45, 2.75) is 0 Å². The molecule has 2 aromatic rings. The summed E-state index contributed by atoms with van der Waals surface area (Å²) in [6.45, 7) is 0. The number of benzene rings is 2. The first kappa shape index (κ1) is 15.8. The van der Waals surface area contributed by atoms with Gasteiger partial charge in [0.1, 0.15) is 5.82 Å². The first-order chi connectivity index (χ1) is 9.41. The van der Waals surface area contributed by atoms with Crippen molar-refractivity contribution in [1.29, 1.82) is 0 Å². The minimum atomic E-state index is -0.516. The SMILES string of the molecule is O=C(Nc1ccc(Br)c(Cl)c1Cl)c1cccc(F)c1Br. The topological polar surface area (TPSA) is 29.1 Å². The van der Waals surface area contributed by atoms with Gasteiger partial charge in [0.05, 0.1) is 25.8 Å². The van der Waals surface area contributed by atoms with Crippen LogP contribution >= 0.6 is 55.1 Å². The van der Waals surface area contributed by atoms with E-state index < -0.39 is 11.7 Å². The normalized spacial score (nSPS) is 10.4. The molecule has 20 heavy (non-hydrogen) atoms. The molecule has 1 amide bonds. The smallest absolute Gasteiger partial charge is 0.256 e. The minimum Gasteiger partial charge on any atom is -0.321 e. The fourth-order valence-corrected chi connectivity index (χ4v) is 2.76. The molecule has 0 saturated carbocycles. The van der Waals surface area contributed by atoms with Gasteiger partial charge in [-0.1, -0.05) is 29.3 Å². The van der Waals surface area contributed by atoms with Crippen molar-refractivity contribution < 1.29 is 9.18 Å². The van der Waals surface area contributed by atoms with Crippen LogP contribution < -0.4 is 5.32 Å². The van der Waals surface area contributed by atoms with Gasteiger partial charge in [0.25, 0.3) is 5.91 Å². The molecule has 0 spiro atoms. The van der Waals surface area contributed by atoms with Crippen LogP contribution in [0.1, 0.15) is 10.4 Å². The van der Waals surface area contributed by atoms with Crippen molar-refractivity contribution in [3.63, 3.8) is 0 Å². The first-order valence-corrected chi connectivity index (χ1v) is 7.65. The van der Waals surface area contributed by atoms with Crippen LogP contribution in [-0.4, -0.2) is 5.91 Å². The highest BCUT2D eigenvalue weighted by Gasteiger charge is 2.16. The highest BCUT2D eigenvalue weighted by Crippen LogP contribution is 2.36. The maximum Gasteiger partial charge on any atom is 0.256 e. The van der Waals surface area contributed by atoms with Gasteiger partial charge in [-0.2, -0.15) is 0 Å². The second kappa shape index (κ2) is 6.43. The molecule has 0 radical (unpaired) electrons. The quantitative estimate of drug-likeness (QED) is 0.577. The van der Waals surface area contributed by atoms with Crippen molar-refractivity contribution in [1.82, 2.24) is 0 Å². The maximum absolute atomic E-state index is 13.4. The van der Waals surface area contributed by atoms with Crippen LogP contribution in [-0.2, 0) is 0 Å². The van der Waals surface area contributed by atoms with Crippen LogP contribution in [0.3, 0.4) is 0 Å². The second-order valence-corrected chi connectivity index (χ2v) is 6.18. The lowest BCUT2D eigenvalue weighted by molar-refractivity contribution is 0.102. The molecule has 0 fully saturated rings. The summed E-state index contributed by atoms with van der Waals surface area (Å²) in [6, 6.07) is 7.46. The van der Waals surface area contributed by atoms with E-state index in [0.29, 0.717) is 15.2 Å². The van der Waals surface area contributed by atoms with E-state index in [0.717, 1.165) is 0 Å². The molecular weight excluding hydrogens is 436 g/mol. The molecule has 0 aliphatic rings. The van der Waals surface area contributed by atoms with E-state index in [1.807, 2.05) is 0 Å². The Kier molecular flexibility index (Phi) is 5.07. The Bertz CT molecular complexity index is 694. The third-order valence-corrected chi connectivity index (χ3v) is 5.06. The lowest BCUT2D eigenvalue weighted by atomic mass is 10.2. The number of carbonyl (C=O) groups excluding carboxylic acids is 1. The molecule has 0 heterocycles. The number of nitrogens with one attached hydrogen (secondary N) is 1. The predicted molar refractivity (Wildman–Crippen MR) is 86.2 cm³/mol. The monoisotopic (exact) mass is 439 g/mol. The summed E-state index contributed by atoms with van der Waals surface area (Å²) in [5.74, 6) is -1.01. The van der Waals surface area contributed by atoms with E-state index in [4.69, 9.17) is 23.2 Å². The van der Waals surface area contributed by atoms with Crippen LogP contribution in [0.4, 0.5) is 10.1 Å². The zero-order valence-corrected chi connectivity index (χ0v) is 14.4. The van der Waals surface area contributed by atoms with Crippen LogP contribution in [0.25, 0.3) is 0 Å². The molecule has 0 aliphatic carbocycles. The molecule has 104 valence electrons. The highest BCUT2D eigenvalue weighted by molar-refractivity contribution is 9.10. The van der Waals surface area contributed by atoms with E-state index in [1.54, 1.807) is 12.1 Å². The van der Waals surface area contributed by atoms with Gasteiger partial charge in [-0.25, -0.2) is 4.39 Å². The fraction of sp³-hybridized carbons (Fsp3) is 0. The number of rotatable bonds is 2. The van der Waals surface area contributed by atoms with E-state index in [1.165, 1.54) is 18.2 Å². The summed E-state index contributed by atoms with van der Waals surface area (Å²) < 4.78 is 14.1. The second-order valence-electron chi connectivity index (χ2n) is 3.78. The Labute approximate surface area is 141 Å². The van der Waals surface area contributed by atoms with Crippen molar-refractivity contribution in [3.05, 3.63) is 60.7 Å². The summed E-state index contributed by atoms with van der Waals surface area (Å²) in [5, 5.41) is 3.09. The van der Waals surface area contributed by atoms with Gasteiger partial charge in [-0.3, -0.25) is 4.79 Å². The minimum absolute atomic E-state index is 0.0943. The van der Waals surface area contributed by atoms with E-state index >= 15 is 0 Å². The summed E-state index contributed by atoms with van der Waals surface area (Å²) in [6.07, 6.45) is 0. The lowest BCUT2D eigenvalue weighted by Gasteiger charge is -2.10. The Morgan fingerprint density at radius 1 is 1.10 bits per heavy atom. The van der Waals surface area contributed by atoms with Gasteiger partial charge < -0.3 is 5.32 Å². The largest absolute Gasteiger partial charge is 0.321 e. The van der Waals surface area contributed by atoms with Crippen LogP contribution in [0.15, 0.2) is 39.3 Å². The standard InChI is InChI=1S/C13H6Br2Cl2FNO/c14-7-4-5-9(12(17)11(7)16)19-13(20)6-2-1-3-8(18)10(6)15/h1-5H,(H,19,20). The van der Waals surface area contributed by atoms with Crippen molar-refractivity contribution in [3.8, 4) is 0 Å². The molecule has 0 aliphatic heterocycles. The Hall–Kier alpha value is -0.620. The maximum atomic E-state index is 13.4. The molecule has 0 atom stereocenters. The molecule has 2 rings (SSSR count). The van der Waals surface area contributed by atoms with Crippen molar-refractivity contribution in [2.75, 3.05) is 5.32 Å². The number of carbonyl (C=O) groups is 1. The van der Waals surface area contributed by atoms with Gasteiger partial charge in [0.2, 0.25) is 0 Å². The molecule has 2 nitrogen and oxygen atoms in total. The van der Waals surface area contributed by atoms with Crippen molar-refractivity contribution in [2.24, 2.45) is 0 Å². The fourth-order valence-electron chi connectivity index (χ4n) is 1.49. The average molecular weight is 442 g/mol. The Morgan fingerprint density at radius 3 is 2.50 bits per heavy atom. The Balaban J connectivity index is 2.33. The molecule has 0 saturated heterocycles. The van der Waals surface area contributed by atoms with E-state index in [9.17, 15) is 9.18 Å². The molecular formula is C13H6Br2Cl2FNO. The first-order valence-electron chi connectivity index (χ1n) is 5.30. The van der Waals surface area contributed by atoms with Crippen LogP contribution in [0, 0.1) is 5.82 Å². The van der Waals surface area contributed by atoms with E-state index in [-0.39, 0.29) is 15.1 Å². The lowest BCUT2D eigenvalue weighted by Crippen LogP contribution is -2.13. The van der Waals surface area contributed by atoms with Crippen LogP contribution in [0.5, 0.6) is 0 Å². The van der Waals surface area contributed by atoms with Gasteiger partial charge in [-0.05, 0) is 56.1 Å². The number of halogens is 5. The summed E-state index contributed by atoms with van der Waals surface area (Å²) in [5.41, 5.74) is 0.515. The number of hydrogen-bond donors (Lipinski definition) is 1. The number of hydrogen-bond acceptors (Lipinski definition) is 1. The van der Waals surface area contributed by atoms with E-state index in [2.05, 4.69) is 37.2 Å². The van der Waals surface area contributed by atoms with Gasteiger partial charge >= 0.3 is 0 Å². The van der Waals surface area contributed by atoms with Gasteiger partial charge in [0.15, 0.2) is 0 Å². The Morgan fingerprint density at radius 2 is 1.80 bits per heavy atom. The van der Waals surface area contributed by atoms with Gasteiger partial charge in [-0.15, -0.1) is 0 Å².